The Hall–Kier alpha value is -2.27. The number of hydrogen-bond acceptors (Lipinski definition) is 6. The molecule has 1 aromatic carbocycles. The molecule has 0 aliphatic heterocycles. The second-order valence-electron chi connectivity index (χ2n) is 3.31. The summed E-state index contributed by atoms with van der Waals surface area (Å²) < 4.78 is 40.5. The van der Waals surface area contributed by atoms with Crippen LogP contribution in [0.5, 0.6) is 5.75 Å². The Morgan fingerprint density at radius 3 is 2.47 bits per heavy atom. The number of primary amides is 1. The van der Waals surface area contributed by atoms with Gasteiger partial charge >= 0.3 is 0 Å². The number of hydrogen-bond donors (Lipinski definition) is 2. The summed E-state index contributed by atoms with van der Waals surface area (Å²) in [6.07, 6.45) is 0. The van der Waals surface area contributed by atoms with Gasteiger partial charge in [0, 0.05) is 6.07 Å². The molecule has 1 amide bonds. The molecule has 4 N–H and O–H groups in total. The summed E-state index contributed by atoms with van der Waals surface area (Å²) in [5.74, 6) is -3.23. The maximum Gasteiger partial charge on any atom is 0.274 e. The Bertz CT molecular complexity index is 644. The lowest BCUT2D eigenvalue weighted by molar-refractivity contribution is -0.385. The first-order valence-corrected chi connectivity index (χ1v) is 6.09. The van der Waals surface area contributed by atoms with Crippen molar-refractivity contribution in [3.8, 4) is 5.75 Å². The minimum Gasteiger partial charge on any atom is -0.479 e. The van der Waals surface area contributed by atoms with E-state index in [9.17, 15) is 27.7 Å². The molecule has 1 rings (SSSR count). The summed E-state index contributed by atoms with van der Waals surface area (Å²) in [6.45, 7) is -0.808. The lowest BCUT2D eigenvalue weighted by Crippen LogP contribution is -2.22. The van der Waals surface area contributed by atoms with Crippen molar-refractivity contribution in [2.75, 3.05) is 6.61 Å². The lowest BCUT2D eigenvalue weighted by Gasteiger charge is -2.09. The molecular formula is C8H8FN3O6S. The Morgan fingerprint density at radius 1 is 1.47 bits per heavy atom. The first-order chi connectivity index (χ1) is 8.62. The first-order valence-electron chi connectivity index (χ1n) is 4.54. The number of sulfonamides is 1. The normalized spacial score (nSPS) is 11.1. The number of non-ortho nitro benzene ring substituents is 1. The van der Waals surface area contributed by atoms with E-state index in [4.69, 9.17) is 10.9 Å². The monoisotopic (exact) mass is 293 g/mol. The maximum atomic E-state index is 13.6. The van der Waals surface area contributed by atoms with Crippen molar-refractivity contribution in [3.05, 3.63) is 28.1 Å². The van der Waals surface area contributed by atoms with Crippen LogP contribution < -0.4 is 15.6 Å². The van der Waals surface area contributed by atoms with Crippen LogP contribution in [0.4, 0.5) is 10.1 Å². The minimum atomic E-state index is -4.48. The summed E-state index contributed by atoms with van der Waals surface area (Å²) in [4.78, 5) is 19.1. The SMILES string of the molecule is NC(=O)COc1c(F)cc([N+](=O)[O-])cc1S(N)(=O)=O. The van der Waals surface area contributed by atoms with Gasteiger partial charge in [0.1, 0.15) is 4.90 Å². The number of carbonyl (C=O) groups excluding carboxylic acids is 1. The number of nitrogens with zero attached hydrogens (tertiary/aromatic N) is 1. The van der Waals surface area contributed by atoms with Crippen molar-refractivity contribution in [2.45, 2.75) is 4.90 Å². The van der Waals surface area contributed by atoms with Gasteiger partial charge in [-0.15, -0.1) is 0 Å². The van der Waals surface area contributed by atoms with E-state index in [1.807, 2.05) is 0 Å². The third-order valence-electron chi connectivity index (χ3n) is 1.87. The first kappa shape index (κ1) is 14.8. The number of primary sulfonamides is 1. The van der Waals surface area contributed by atoms with Gasteiger partial charge in [-0.1, -0.05) is 0 Å². The average Bonchev–Trinajstić information content (AvgIpc) is 2.24. The molecule has 104 valence electrons. The highest BCUT2D eigenvalue weighted by atomic mass is 32.2. The second kappa shape index (κ2) is 5.16. The molecule has 0 atom stereocenters. The van der Waals surface area contributed by atoms with E-state index in [1.165, 1.54) is 0 Å². The smallest absolute Gasteiger partial charge is 0.274 e. The molecule has 19 heavy (non-hydrogen) atoms. The van der Waals surface area contributed by atoms with Crippen LogP contribution >= 0.6 is 0 Å². The number of amides is 1. The van der Waals surface area contributed by atoms with E-state index in [2.05, 4.69) is 4.74 Å². The van der Waals surface area contributed by atoms with Crippen molar-refractivity contribution in [2.24, 2.45) is 10.9 Å². The molecule has 0 aromatic heterocycles. The van der Waals surface area contributed by atoms with E-state index in [0.717, 1.165) is 0 Å². The van der Waals surface area contributed by atoms with E-state index in [1.54, 1.807) is 0 Å². The fourth-order valence-corrected chi connectivity index (χ4v) is 1.85. The topological polar surface area (TPSA) is 156 Å². The van der Waals surface area contributed by atoms with Crippen LogP contribution in [0.1, 0.15) is 0 Å². The zero-order chi connectivity index (χ0) is 14.8. The number of nitro benzene ring substituents is 1. The Kier molecular flexibility index (Phi) is 4.01. The highest BCUT2D eigenvalue weighted by molar-refractivity contribution is 7.89. The van der Waals surface area contributed by atoms with Gasteiger partial charge in [-0.3, -0.25) is 14.9 Å². The molecular weight excluding hydrogens is 285 g/mol. The Balaban J connectivity index is 3.44. The maximum absolute atomic E-state index is 13.6. The van der Waals surface area contributed by atoms with Crippen LogP contribution in [0, 0.1) is 15.9 Å². The van der Waals surface area contributed by atoms with Crippen LogP contribution in [0.25, 0.3) is 0 Å². The highest BCUT2D eigenvalue weighted by Crippen LogP contribution is 2.31. The van der Waals surface area contributed by atoms with Crippen molar-refractivity contribution in [1.82, 2.24) is 0 Å². The third kappa shape index (κ3) is 3.59. The molecule has 0 aliphatic rings. The van der Waals surface area contributed by atoms with Crippen molar-refractivity contribution >= 4 is 21.6 Å². The standard InChI is InChI=1S/C8H8FN3O6S/c9-5-1-4(12(14)15)2-6(19(11,16)17)8(5)18-3-7(10)13/h1-2H,3H2,(H2,10,13)(H2,11,16,17). The molecule has 0 bridgehead atoms. The summed E-state index contributed by atoms with van der Waals surface area (Å²) >= 11 is 0. The summed E-state index contributed by atoms with van der Waals surface area (Å²) in [7, 11) is -4.48. The van der Waals surface area contributed by atoms with E-state index < -0.39 is 49.6 Å². The predicted octanol–water partition coefficient (Wildman–Crippen LogP) is -0.755. The molecule has 0 saturated carbocycles. The molecule has 0 aliphatic carbocycles. The summed E-state index contributed by atoms with van der Waals surface area (Å²) in [5, 5.41) is 15.3. The van der Waals surface area contributed by atoms with Crippen molar-refractivity contribution < 1.29 is 27.3 Å². The summed E-state index contributed by atoms with van der Waals surface area (Å²) in [6, 6.07) is 0.958. The van der Waals surface area contributed by atoms with Gasteiger partial charge in [-0.25, -0.2) is 17.9 Å². The Morgan fingerprint density at radius 2 is 2.05 bits per heavy atom. The molecule has 0 fully saturated rings. The minimum absolute atomic E-state index is 0.436. The van der Waals surface area contributed by atoms with Gasteiger partial charge in [0.2, 0.25) is 10.0 Å². The van der Waals surface area contributed by atoms with E-state index >= 15 is 0 Å². The van der Waals surface area contributed by atoms with E-state index in [0.29, 0.717) is 12.1 Å². The molecule has 11 heteroatoms. The second-order valence-corrected chi connectivity index (χ2v) is 4.84. The van der Waals surface area contributed by atoms with Crippen LogP contribution in [0.2, 0.25) is 0 Å². The molecule has 0 saturated heterocycles. The quantitative estimate of drug-likeness (QED) is 0.537. The summed E-state index contributed by atoms with van der Waals surface area (Å²) in [5.41, 5.74) is 3.93. The fourth-order valence-electron chi connectivity index (χ4n) is 1.15. The third-order valence-corrected chi connectivity index (χ3v) is 2.79. The van der Waals surface area contributed by atoms with Gasteiger partial charge in [0.25, 0.3) is 11.6 Å². The van der Waals surface area contributed by atoms with Crippen molar-refractivity contribution in [1.29, 1.82) is 0 Å². The molecule has 0 spiro atoms. The predicted molar refractivity (Wildman–Crippen MR) is 59.1 cm³/mol. The van der Waals surface area contributed by atoms with Crippen LogP contribution in [-0.4, -0.2) is 25.9 Å². The molecule has 0 heterocycles. The van der Waals surface area contributed by atoms with Crippen LogP contribution in [-0.2, 0) is 14.8 Å². The number of halogens is 1. The molecule has 1 aromatic rings. The molecule has 0 radical (unpaired) electrons. The number of rotatable bonds is 5. The Labute approximate surface area is 106 Å². The van der Waals surface area contributed by atoms with E-state index in [-0.39, 0.29) is 0 Å². The molecule has 9 nitrogen and oxygen atoms in total. The van der Waals surface area contributed by atoms with Gasteiger partial charge in [0.15, 0.2) is 18.2 Å². The van der Waals surface area contributed by atoms with Gasteiger partial charge < -0.3 is 10.5 Å². The number of nitro groups is 1. The fraction of sp³-hybridized carbons (Fsp3) is 0.125. The van der Waals surface area contributed by atoms with Gasteiger partial charge in [-0.2, -0.15) is 0 Å². The number of ether oxygens (including phenoxy) is 1. The highest BCUT2D eigenvalue weighted by Gasteiger charge is 2.25. The molecule has 0 unspecified atom stereocenters. The zero-order valence-electron chi connectivity index (χ0n) is 9.20. The van der Waals surface area contributed by atoms with Gasteiger partial charge in [0.05, 0.1) is 11.0 Å². The number of carbonyl (C=O) groups is 1. The number of nitrogens with two attached hydrogens (primary N) is 2. The van der Waals surface area contributed by atoms with Gasteiger partial charge in [-0.05, 0) is 0 Å². The average molecular weight is 293 g/mol. The number of benzene rings is 1. The van der Waals surface area contributed by atoms with Crippen LogP contribution in [0.15, 0.2) is 17.0 Å². The largest absolute Gasteiger partial charge is 0.479 e. The lowest BCUT2D eigenvalue weighted by atomic mass is 10.3. The van der Waals surface area contributed by atoms with Crippen LogP contribution in [0.3, 0.4) is 0 Å². The van der Waals surface area contributed by atoms with Crippen molar-refractivity contribution in [3.63, 3.8) is 0 Å². The zero-order valence-corrected chi connectivity index (χ0v) is 10.0.